The molecule has 1 unspecified atom stereocenters. The molecule has 1 aliphatic rings. The van der Waals surface area contributed by atoms with Crippen LogP contribution in [0.4, 0.5) is 5.69 Å². The molecule has 0 fully saturated rings. The lowest BCUT2D eigenvalue weighted by molar-refractivity contribution is -0.115. The number of hydrogen-bond acceptors (Lipinski definition) is 2. The fraction of sp³-hybridized carbons (Fsp3) is 0.133. The summed E-state index contributed by atoms with van der Waals surface area (Å²) in [5.41, 5.74) is 9.83. The van der Waals surface area contributed by atoms with Crippen LogP contribution in [0.3, 0.4) is 0 Å². The highest BCUT2D eigenvalue weighted by atomic mass is 35.5. The zero-order valence-electron chi connectivity index (χ0n) is 10.2. The van der Waals surface area contributed by atoms with Gasteiger partial charge in [-0.15, -0.1) is 0 Å². The number of nitrogens with one attached hydrogen (secondary N) is 1. The molecular weight excluding hydrogens is 260 g/mol. The van der Waals surface area contributed by atoms with Gasteiger partial charge in [0.05, 0.1) is 23.2 Å². The molecule has 0 aliphatic carbocycles. The third kappa shape index (κ3) is 2.23. The summed E-state index contributed by atoms with van der Waals surface area (Å²) in [6.07, 6.45) is 0.365. The number of amides is 1. The molecule has 1 amide bonds. The first-order valence-electron chi connectivity index (χ1n) is 6.08. The van der Waals surface area contributed by atoms with E-state index in [1.807, 2.05) is 42.5 Å². The molecule has 2 aromatic rings. The number of rotatable bonds is 2. The molecule has 0 spiro atoms. The molecule has 96 valence electrons. The number of anilines is 1. The highest BCUT2D eigenvalue weighted by molar-refractivity contribution is 6.34. The third-order valence-corrected chi connectivity index (χ3v) is 3.63. The summed E-state index contributed by atoms with van der Waals surface area (Å²) < 4.78 is 0. The second-order valence-electron chi connectivity index (χ2n) is 4.65. The molecule has 0 radical (unpaired) electrons. The van der Waals surface area contributed by atoms with Crippen LogP contribution in [0.2, 0.25) is 5.02 Å². The summed E-state index contributed by atoms with van der Waals surface area (Å²) in [6.45, 7) is 0. The average Bonchev–Trinajstić information content (AvgIpc) is 2.80. The SMILES string of the molecule is NC(c1ccccc1)c1cc(Cl)c2c(c1)CC(=O)N2. The van der Waals surface area contributed by atoms with Crippen LogP contribution in [0, 0.1) is 0 Å². The minimum Gasteiger partial charge on any atom is -0.324 e. The Bertz CT molecular complexity index is 640. The van der Waals surface area contributed by atoms with Crippen LogP contribution >= 0.6 is 11.6 Å². The van der Waals surface area contributed by atoms with Crippen LogP contribution in [0.5, 0.6) is 0 Å². The minimum absolute atomic E-state index is 0.0256. The smallest absolute Gasteiger partial charge is 0.228 e. The van der Waals surface area contributed by atoms with Crippen molar-refractivity contribution in [1.29, 1.82) is 0 Å². The van der Waals surface area contributed by atoms with Crippen LogP contribution in [0.15, 0.2) is 42.5 Å². The lowest BCUT2D eigenvalue weighted by atomic mass is 9.97. The van der Waals surface area contributed by atoms with E-state index in [9.17, 15) is 4.79 Å². The molecule has 3 rings (SSSR count). The van der Waals surface area contributed by atoms with E-state index < -0.39 is 0 Å². The largest absolute Gasteiger partial charge is 0.324 e. The number of benzene rings is 2. The summed E-state index contributed by atoms with van der Waals surface area (Å²) in [6, 6.07) is 13.4. The van der Waals surface area contributed by atoms with Crippen LogP contribution < -0.4 is 11.1 Å². The maximum atomic E-state index is 11.4. The molecule has 1 aliphatic heterocycles. The van der Waals surface area contributed by atoms with Crippen LogP contribution in [0.1, 0.15) is 22.7 Å². The van der Waals surface area contributed by atoms with Gasteiger partial charge in [0.25, 0.3) is 0 Å². The Morgan fingerprint density at radius 1 is 1.16 bits per heavy atom. The van der Waals surface area contributed by atoms with Crippen molar-refractivity contribution in [2.24, 2.45) is 5.73 Å². The summed E-state index contributed by atoms with van der Waals surface area (Å²) in [5.74, 6) is -0.0256. The van der Waals surface area contributed by atoms with Gasteiger partial charge in [0.2, 0.25) is 5.91 Å². The maximum Gasteiger partial charge on any atom is 0.228 e. The van der Waals surface area contributed by atoms with Gasteiger partial charge >= 0.3 is 0 Å². The molecule has 0 aromatic heterocycles. The van der Waals surface area contributed by atoms with E-state index in [-0.39, 0.29) is 11.9 Å². The van der Waals surface area contributed by atoms with Crippen molar-refractivity contribution in [3.05, 3.63) is 64.2 Å². The first-order chi connectivity index (χ1) is 9.15. The zero-order chi connectivity index (χ0) is 13.4. The van der Waals surface area contributed by atoms with Crippen LogP contribution in [-0.4, -0.2) is 5.91 Å². The Morgan fingerprint density at radius 2 is 1.89 bits per heavy atom. The molecule has 3 nitrogen and oxygen atoms in total. The Labute approximate surface area is 116 Å². The van der Waals surface area contributed by atoms with Crippen molar-refractivity contribution in [1.82, 2.24) is 0 Å². The van der Waals surface area contributed by atoms with Crippen LogP contribution in [-0.2, 0) is 11.2 Å². The van der Waals surface area contributed by atoms with Gasteiger partial charge in [-0.2, -0.15) is 0 Å². The average molecular weight is 273 g/mol. The summed E-state index contributed by atoms with van der Waals surface area (Å²) in [4.78, 5) is 11.4. The number of hydrogen-bond donors (Lipinski definition) is 2. The summed E-state index contributed by atoms with van der Waals surface area (Å²) in [5, 5.41) is 3.31. The zero-order valence-corrected chi connectivity index (χ0v) is 10.9. The van der Waals surface area contributed by atoms with Gasteiger partial charge in [-0.05, 0) is 22.8 Å². The maximum absolute atomic E-state index is 11.4. The van der Waals surface area contributed by atoms with E-state index in [0.29, 0.717) is 11.4 Å². The molecule has 2 aromatic carbocycles. The normalized spacial score (nSPS) is 14.9. The lowest BCUT2D eigenvalue weighted by Gasteiger charge is -2.14. The quantitative estimate of drug-likeness (QED) is 0.883. The van der Waals surface area contributed by atoms with Crippen molar-refractivity contribution >= 4 is 23.2 Å². The van der Waals surface area contributed by atoms with Gasteiger partial charge in [-0.3, -0.25) is 4.79 Å². The van der Waals surface area contributed by atoms with Gasteiger partial charge in [0.1, 0.15) is 0 Å². The standard InChI is InChI=1S/C15H13ClN2O/c16-12-7-10(6-11-8-13(19)18-15(11)12)14(17)9-4-2-1-3-5-9/h1-7,14H,8,17H2,(H,18,19). The van der Waals surface area contributed by atoms with E-state index >= 15 is 0 Å². The Hall–Kier alpha value is -1.84. The molecule has 0 saturated heterocycles. The number of halogens is 1. The van der Waals surface area contributed by atoms with Crippen molar-refractivity contribution in [3.63, 3.8) is 0 Å². The van der Waals surface area contributed by atoms with Gasteiger partial charge in [0, 0.05) is 0 Å². The number of fused-ring (bicyclic) bond motifs is 1. The van der Waals surface area contributed by atoms with Crippen molar-refractivity contribution in [3.8, 4) is 0 Å². The molecule has 1 heterocycles. The van der Waals surface area contributed by atoms with E-state index in [4.69, 9.17) is 17.3 Å². The molecule has 0 bridgehead atoms. The minimum atomic E-state index is -0.236. The van der Waals surface area contributed by atoms with E-state index in [1.54, 1.807) is 0 Å². The monoisotopic (exact) mass is 272 g/mol. The van der Waals surface area contributed by atoms with Crippen molar-refractivity contribution in [2.75, 3.05) is 5.32 Å². The number of carbonyl (C=O) groups excluding carboxylic acids is 1. The highest BCUT2D eigenvalue weighted by Crippen LogP contribution is 2.34. The predicted molar refractivity (Wildman–Crippen MR) is 76.3 cm³/mol. The number of nitrogens with two attached hydrogens (primary N) is 1. The van der Waals surface area contributed by atoms with Crippen LogP contribution in [0.25, 0.3) is 0 Å². The molecular formula is C15H13ClN2O. The van der Waals surface area contributed by atoms with Gasteiger partial charge in [0.15, 0.2) is 0 Å². The molecule has 1 atom stereocenters. The summed E-state index contributed by atoms with van der Waals surface area (Å²) >= 11 is 6.20. The van der Waals surface area contributed by atoms with Gasteiger partial charge in [-0.1, -0.05) is 48.0 Å². The molecule has 3 N–H and O–H groups in total. The second kappa shape index (κ2) is 4.68. The molecule has 19 heavy (non-hydrogen) atoms. The second-order valence-corrected chi connectivity index (χ2v) is 5.06. The lowest BCUT2D eigenvalue weighted by Crippen LogP contribution is -2.12. The van der Waals surface area contributed by atoms with E-state index in [0.717, 1.165) is 22.4 Å². The molecule has 4 heteroatoms. The van der Waals surface area contributed by atoms with E-state index in [2.05, 4.69) is 5.32 Å². The predicted octanol–water partition coefficient (Wildman–Crippen LogP) is 2.88. The number of carbonyl (C=O) groups is 1. The van der Waals surface area contributed by atoms with Crippen molar-refractivity contribution < 1.29 is 4.79 Å². The Kier molecular flexibility index (Phi) is 3.01. The van der Waals surface area contributed by atoms with Gasteiger partial charge < -0.3 is 11.1 Å². The van der Waals surface area contributed by atoms with Gasteiger partial charge in [-0.25, -0.2) is 0 Å². The Morgan fingerprint density at radius 3 is 2.63 bits per heavy atom. The highest BCUT2D eigenvalue weighted by Gasteiger charge is 2.22. The van der Waals surface area contributed by atoms with E-state index in [1.165, 1.54) is 0 Å². The fourth-order valence-corrected chi connectivity index (χ4v) is 2.65. The topological polar surface area (TPSA) is 55.1 Å². The first kappa shape index (κ1) is 12.2. The first-order valence-corrected chi connectivity index (χ1v) is 6.45. The van der Waals surface area contributed by atoms with Crippen molar-refractivity contribution in [2.45, 2.75) is 12.5 Å². The Balaban J connectivity index is 2.01. The third-order valence-electron chi connectivity index (χ3n) is 3.33. The molecule has 0 saturated carbocycles. The summed E-state index contributed by atoms with van der Waals surface area (Å²) in [7, 11) is 0. The fourth-order valence-electron chi connectivity index (χ4n) is 2.36.